The zero-order valence-electron chi connectivity index (χ0n) is 13.7. The molecule has 0 aromatic heterocycles. The average molecular weight is 386 g/mol. The third kappa shape index (κ3) is 4.37. The zero-order valence-corrected chi connectivity index (χ0v) is 14.5. The molecule has 0 aliphatic carbocycles. The normalized spacial score (nSPS) is 35.2. The number of rotatable bonds is 8. The molecule has 0 bridgehead atoms. The van der Waals surface area contributed by atoms with Crippen LogP contribution >= 0.6 is 11.6 Å². The predicted octanol–water partition coefficient (Wildman–Crippen LogP) is -1.40. The number of urea groups is 1. The fourth-order valence-electron chi connectivity index (χ4n) is 2.56. The summed E-state index contributed by atoms with van der Waals surface area (Å²) in [5, 5.41) is 55.6. The van der Waals surface area contributed by atoms with Gasteiger partial charge in [0.15, 0.2) is 0 Å². The van der Waals surface area contributed by atoms with Gasteiger partial charge in [0.05, 0.1) is 18.4 Å². The van der Waals surface area contributed by atoms with Crippen LogP contribution in [0.2, 0.25) is 0 Å². The van der Waals surface area contributed by atoms with Crippen molar-refractivity contribution >= 4 is 17.6 Å². The van der Waals surface area contributed by atoms with Gasteiger partial charge in [0, 0.05) is 12.3 Å². The molecule has 1 aliphatic rings. The minimum Gasteiger partial charge on any atom is -0.394 e. The van der Waals surface area contributed by atoms with Gasteiger partial charge in [-0.3, -0.25) is 0 Å². The lowest BCUT2D eigenvalue weighted by atomic mass is 9.83. The van der Waals surface area contributed by atoms with Crippen LogP contribution in [-0.4, -0.2) is 85.4 Å². The highest BCUT2D eigenvalue weighted by atomic mass is 35.5. The van der Waals surface area contributed by atoms with Crippen molar-refractivity contribution in [3.63, 3.8) is 0 Å². The Morgan fingerprint density at radius 3 is 2.52 bits per heavy atom. The van der Waals surface area contributed by atoms with Gasteiger partial charge in [0.25, 0.3) is 0 Å². The number of amides is 2. The number of aliphatic hydroxyl groups is 5. The van der Waals surface area contributed by atoms with Gasteiger partial charge in [-0.1, -0.05) is 13.3 Å². The average Bonchev–Trinajstić information content (AvgIpc) is 2.59. The highest BCUT2D eigenvalue weighted by Crippen LogP contribution is 2.38. The highest BCUT2D eigenvalue weighted by Gasteiger charge is 2.64. The smallest absolute Gasteiger partial charge is 0.342 e. The lowest BCUT2D eigenvalue weighted by molar-refractivity contribution is -0.396. The van der Waals surface area contributed by atoms with Crippen LogP contribution in [0.4, 0.5) is 4.79 Å². The molecule has 1 fully saturated rings. The van der Waals surface area contributed by atoms with Gasteiger partial charge in [-0.25, -0.2) is 4.79 Å². The molecule has 11 nitrogen and oxygen atoms in total. The number of ether oxygens (including phenoxy) is 1. The summed E-state index contributed by atoms with van der Waals surface area (Å²) in [6.45, 7) is 0.751. The number of hydrogen-bond acceptors (Lipinski definition) is 9. The van der Waals surface area contributed by atoms with Crippen molar-refractivity contribution in [2.45, 2.75) is 56.0 Å². The van der Waals surface area contributed by atoms with Crippen LogP contribution in [0.1, 0.15) is 26.2 Å². The first-order valence-corrected chi connectivity index (χ1v) is 8.32. The summed E-state index contributed by atoms with van der Waals surface area (Å²) in [5.74, 6) is -2.66. The van der Waals surface area contributed by atoms with E-state index in [1.54, 1.807) is 6.92 Å². The second-order valence-corrected chi connectivity index (χ2v) is 6.13. The fraction of sp³-hybridized carbons (Fsp3) is 0.923. The Kier molecular flexibility index (Phi) is 7.93. The number of alkyl halides is 1. The molecular formula is C13H24ClN3O8. The molecule has 1 rings (SSSR count). The quantitative estimate of drug-likeness (QED) is 0.128. The van der Waals surface area contributed by atoms with Crippen LogP contribution < -0.4 is 5.32 Å². The van der Waals surface area contributed by atoms with E-state index in [4.69, 9.17) is 16.3 Å². The molecule has 1 aliphatic heterocycles. The molecular weight excluding hydrogens is 362 g/mol. The Balaban J connectivity index is 3.17. The molecule has 12 heteroatoms. The standard InChI is InChI=1S/C13H24ClN3O8/c1-2-3-4-12(22)13(23,10(20)9(19)8(7-18)25-12)15-11(21)17(16-24)6-5-14/h8-10,18-20,22-23H,2-7H2,1H3,(H,15,21)/t8-,9-,10+,12+,13-/m1/s1. The van der Waals surface area contributed by atoms with E-state index in [1.165, 1.54) is 0 Å². The number of unbranched alkanes of at least 4 members (excludes halogenated alkanes) is 1. The van der Waals surface area contributed by atoms with Crippen LogP contribution in [-0.2, 0) is 4.74 Å². The number of hydrogen-bond donors (Lipinski definition) is 6. The number of carbonyl (C=O) groups excluding carboxylic acids is 1. The first-order chi connectivity index (χ1) is 11.7. The lowest BCUT2D eigenvalue weighted by Crippen LogP contribution is -2.79. The van der Waals surface area contributed by atoms with Crippen molar-refractivity contribution in [1.82, 2.24) is 10.3 Å². The van der Waals surface area contributed by atoms with Crippen LogP contribution in [0.15, 0.2) is 5.29 Å². The molecule has 146 valence electrons. The van der Waals surface area contributed by atoms with E-state index >= 15 is 0 Å². The van der Waals surface area contributed by atoms with Gasteiger partial charge in [0.2, 0.25) is 11.5 Å². The van der Waals surface area contributed by atoms with E-state index in [2.05, 4.69) is 5.29 Å². The summed E-state index contributed by atoms with van der Waals surface area (Å²) in [4.78, 5) is 22.8. The maximum atomic E-state index is 12.1. The molecule has 0 saturated carbocycles. The van der Waals surface area contributed by atoms with Gasteiger partial charge >= 0.3 is 6.03 Å². The van der Waals surface area contributed by atoms with Crippen LogP contribution in [0, 0.1) is 4.91 Å². The third-order valence-electron chi connectivity index (χ3n) is 4.05. The van der Waals surface area contributed by atoms with Crippen molar-refractivity contribution in [2.75, 3.05) is 19.0 Å². The van der Waals surface area contributed by atoms with Crippen molar-refractivity contribution in [1.29, 1.82) is 0 Å². The molecule has 0 spiro atoms. The topological polar surface area (TPSA) is 172 Å². The summed E-state index contributed by atoms with van der Waals surface area (Å²) in [7, 11) is 0. The molecule has 0 unspecified atom stereocenters. The maximum Gasteiger partial charge on any atom is 0.342 e. The first kappa shape index (κ1) is 22.0. The van der Waals surface area contributed by atoms with Gasteiger partial charge in [-0.2, -0.15) is 5.01 Å². The van der Waals surface area contributed by atoms with E-state index in [0.29, 0.717) is 17.9 Å². The third-order valence-corrected chi connectivity index (χ3v) is 4.22. The van der Waals surface area contributed by atoms with E-state index in [-0.39, 0.29) is 18.8 Å². The van der Waals surface area contributed by atoms with E-state index in [0.717, 1.165) is 0 Å². The number of halogens is 1. The summed E-state index contributed by atoms with van der Waals surface area (Å²) < 4.78 is 5.18. The molecule has 6 N–H and O–H groups in total. The second-order valence-electron chi connectivity index (χ2n) is 5.75. The van der Waals surface area contributed by atoms with Crippen LogP contribution in [0.3, 0.4) is 0 Å². The van der Waals surface area contributed by atoms with Crippen molar-refractivity contribution < 1.29 is 35.1 Å². The monoisotopic (exact) mass is 385 g/mol. The number of aliphatic hydroxyl groups excluding tert-OH is 3. The first-order valence-electron chi connectivity index (χ1n) is 7.79. The summed E-state index contributed by atoms with van der Waals surface area (Å²) in [6, 6.07) is -1.26. The Bertz CT molecular complexity index is 473. The summed E-state index contributed by atoms with van der Waals surface area (Å²) in [5.41, 5.74) is -2.86. The zero-order chi connectivity index (χ0) is 19.3. The van der Waals surface area contributed by atoms with Gasteiger partial charge in [-0.15, -0.1) is 16.5 Å². The van der Waals surface area contributed by atoms with Gasteiger partial charge in [0.1, 0.15) is 18.3 Å². The van der Waals surface area contributed by atoms with E-state index < -0.39 is 42.5 Å². The maximum absolute atomic E-state index is 12.1. The van der Waals surface area contributed by atoms with Crippen molar-refractivity contribution in [2.24, 2.45) is 5.29 Å². The Labute approximate surface area is 149 Å². The minimum absolute atomic E-state index is 0.133. The molecule has 0 radical (unpaired) electrons. The number of carbonyl (C=O) groups is 1. The highest BCUT2D eigenvalue weighted by molar-refractivity contribution is 6.18. The largest absolute Gasteiger partial charge is 0.394 e. The molecule has 0 aromatic carbocycles. The minimum atomic E-state index is -2.86. The Hall–Kier alpha value is -1.08. The number of nitroso groups, excluding NO2 is 1. The lowest BCUT2D eigenvalue weighted by Gasteiger charge is -2.53. The van der Waals surface area contributed by atoms with Gasteiger partial charge < -0.3 is 35.6 Å². The SMILES string of the molecule is CCCC[C@]1(O)O[C@H](CO)[C@@H](O)[C@H](O)[C@]1(O)NC(=O)N(CCCl)N=O. The molecule has 1 saturated heterocycles. The van der Waals surface area contributed by atoms with Crippen LogP contribution in [0.5, 0.6) is 0 Å². The van der Waals surface area contributed by atoms with Crippen LogP contribution in [0.25, 0.3) is 0 Å². The number of nitrogens with zero attached hydrogens (tertiary/aromatic N) is 2. The summed E-state index contributed by atoms with van der Waals surface area (Å²) >= 11 is 5.44. The van der Waals surface area contributed by atoms with E-state index in [9.17, 15) is 35.2 Å². The van der Waals surface area contributed by atoms with Crippen molar-refractivity contribution in [3.05, 3.63) is 4.91 Å². The molecule has 0 aromatic rings. The van der Waals surface area contributed by atoms with E-state index in [1.807, 2.05) is 5.32 Å². The predicted molar refractivity (Wildman–Crippen MR) is 85.1 cm³/mol. The second kappa shape index (κ2) is 9.03. The molecule has 1 heterocycles. The summed E-state index contributed by atoms with van der Waals surface area (Å²) in [6.07, 6.45) is -4.65. The molecule has 2 amide bonds. The Morgan fingerprint density at radius 1 is 1.40 bits per heavy atom. The van der Waals surface area contributed by atoms with Crippen molar-refractivity contribution in [3.8, 4) is 0 Å². The van der Waals surface area contributed by atoms with Gasteiger partial charge in [-0.05, 0) is 6.42 Å². The Morgan fingerprint density at radius 2 is 2.04 bits per heavy atom. The molecule has 25 heavy (non-hydrogen) atoms. The molecule has 5 atom stereocenters. The number of nitrogens with one attached hydrogen (secondary N) is 1. The fourth-order valence-corrected chi connectivity index (χ4v) is 2.72.